The minimum atomic E-state index is 0.270. The number of anilines is 6. The van der Waals surface area contributed by atoms with Crippen molar-refractivity contribution in [2.24, 2.45) is 0 Å². The first kappa shape index (κ1) is 55.5. The Morgan fingerprint density at radius 1 is 0.364 bits per heavy atom. The van der Waals surface area contributed by atoms with Crippen molar-refractivity contribution in [3.63, 3.8) is 0 Å². The fourth-order valence-electron chi connectivity index (χ4n) is 15.9. The predicted octanol–water partition coefficient (Wildman–Crippen LogP) is 24.4. The molecule has 0 amide bonds. The van der Waals surface area contributed by atoms with Crippen molar-refractivity contribution in [1.82, 2.24) is 0 Å². The molecule has 0 bridgehead atoms. The second kappa shape index (κ2) is 22.5. The van der Waals surface area contributed by atoms with Crippen LogP contribution in [0.3, 0.4) is 0 Å². The minimum absolute atomic E-state index is 0.270. The molecule has 0 radical (unpaired) electrons. The molecule has 4 nitrogen and oxygen atoms in total. The standard InChI is InChI=1S/C84H78N2O2/c1-8-55-21-15-16-28-62(55)66-30-18-31-67-68-32-20-34-77(84(68)88-83(66)67)85(74-43-36-51(4)45-54(74)7)78-49-72(58-22-11-12-23-58)64-40-42-70-79(50-73(59-24-13-14-25-59)65-39-41-69(78)80(64)81(65)70)86(75-44-37-52(5)46-57(75)10-3)76-33-19-29-63(82(76)87)60-26-17-27-61(48-60)71-47-53(6)35-38-56(71)9-2/h15-21,26-50,58-59,87H,8-14,22-25H2,1-7H3. The van der Waals surface area contributed by atoms with E-state index in [1.807, 2.05) is 0 Å². The summed E-state index contributed by atoms with van der Waals surface area (Å²) < 4.78 is 7.45. The summed E-state index contributed by atoms with van der Waals surface area (Å²) in [5.41, 5.74) is 26.2. The fourth-order valence-corrected chi connectivity index (χ4v) is 15.9. The number of hydrogen-bond donors (Lipinski definition) is 1. The highest BCUT2D eigenvalue weighted by molar-refractivity contribution is 6.30. The number of fused-ring (bicyclic) bond motifs is 3. The average Bonchev–Trinajstić information content (AvgIpc) is 0.826. The third-order valence-corrected chi connectivity index (χ3v) is 20.3. The van der Waals surface area contributed by atoms with Crippen molar-refractivity contribution in [3.8, 4) is 39.1 Å². The quantitative estimate of drug-likeness (QED) is 0.110. The van der Waals surface area contributed by atoms with E-state index in [0.717, 1.165) is 118 Å². The fraction of sp³-hybridized carbons (Fsp3) is 0.238. The Morgan fingerprint density at radius 2 is 0.864 bits per heavy atom. The Hall–Kier alpha value is -9.12. The third-order valence-electron chi connectivity index (χ3n) is 20.3. The molecule has 2 aliphatic carbocycles. The molecule has 1 N–H and O–H groups in total. The van der Waals surface area contributed by atoms with Gasteiger partial charge in [-0.3, -0.25) is 0 Å². The highest BCUT2D eigenvalue weighted by Gasteiger charge is 2.33. The Kier molecular flexibility index (Phi) is 14.2. The largest absolute Gasteiger partial charge is 0.505 e. The van der Waals surface area contributed by atoms with Crippen molar-refractivity contribution in [3.05, 3.63) is 244 Å². The molecule has 0 unspecified atom stereocenters. The van der Waals surface area contributed by atoms with Crippen LogP contribution in [-0.4, -0.2) is 5.11 Å². The molecule has 0 spiro atoms. The predicted molar refractivity (Wildman–Crippen MR) is 374 cm³/mol. The number of nitrogens with zero attached hydrogens (tertiary/aromatic N) is 2. The van der Waals surface area contributed by atoms with E-state index >= 15 is 0 Å². The van der Waals surface area contributed by atoms with Gasteiger partial charge in [0.1, 0.15) is 11.3 Å². The molecule has 13 aromatic rings. The number of phenols is 1. The van der Waals surface area contributed by atoms with Crippen LogP contribution in [0.2, 0.25) is 0 Å². The molecular formula is C84H78N2O2. The van der Waals surface area contributed by atoms with Crippen LogP contribution in [0, 0.1) is 27.7 Å². The number of furan rings is 1. The monoisotopic (exact) mass is 1150 g/mol. The summed E-state index contributed by atoms with van der Waals surface area (Å²) in [4.78, 5) is 5.01. The van der Waals surface area contributed by atoms with Gasteiger partial charge >= 0.3 is 0 Å². The molecule has 1 heterocycles. The summed E-state index contributed by atoms with van der Waals surface area (Å²) in [7, 11) is 0. The van der Waals surface area contributed by atoms with Crippen LogP contribution in [0.15, 0.2) is 199 Å². The van der Waals surface area contributed by atoms with Gasteiger partial charge < -0.3 is 19.3 Å². The van der Waals surface area contributed by atoms with Crippen LogP contribution in [0.5, 0.6) is 5.75 Å². The highest BCUT2D eigenvalue weighted by Crippen LogP contribution is 2.56. The van der Waals surface area contributed by atoms with Crippen LogP contribution < -0.4 is 9.80 Å². The van der Waals surface area contributed by atoms with Crippen molar-refractivity contribution in [2.75, 3.05) is 9.80 Å². The molecule has 1 aromatic heterocycles. The zero-order valence-corrected chi connectivity index (χ0v) is 52.2. The molecule has 4 heteroatoms. The number of hydrogen-bond acceptors (Lipinski definition) is 4. The first-order chi connectivity index (χ1) is 43.1. The molecule has 12 aromatic carbocycles. The molecular weight excluding hydrogens is 1070 g/mol. The lowest BCUT2D eigenvalue weighted by Gasteiger charge is -2.33. The second-order valence-electron chi connectivity index (χ2n) is 25.7. The van der Waals surface area contributed by atoms with Gasteiger partial charge in [-0.25, -0.2) is 0 Å². The van der Waals surface area contributed by atoms with Gasteiger partial charge in [0.2, 0.25) is 0 Å². The molecule has 2 fully saturated rings. The Bertz CT molecular complexity index is 4850. The Labute approximate surface area is 519 Å². The first-order valence-electron chi connectivity index (χ1n) is 32.7. The second-order valence-corrected chi connectivity index (χ2v) is 25.7. The van der Waals surface area contributed by atoms with E-state index < -0.39 is 0 Å². The van der Waals surface area contributed by atoms with Gasteiger partial charge in [-0.2, -0.15) is 0 Å². The molecule has 0 saturated heterocycles. The normalized spacial score (nSPS) is 14.0. The number of benzene rings is 12. The van der Waals surface area contributed by atoms with Crippen molar-refractivity contribution in [2.45, 2.75) is 131 Å². The zero-order chi connectivity index (χ0) is 59.9. The Morgan fingerprint density at radius 3 is 1.52 bits per heavy atom. The lowest BCUT2D eigenvalue weighted by atomic mass is 9.82. The molecule has 0 atom stereocenters. The van der Waals surface area contributed by atoms with Gasteiger partial charge in [-0.1, -0.05) is 215 Å². The topological polar surface area (TPSA) is 39.9 Å². The average molecular weight is 1150 g/mol. The number of aryl methyl sites for hydroxylation is 7. The van der Waals surface area contributed by atoms with Crippen LogP contribution in [-0.2, 0) is 19.3 Å². The van der Waals surface area contributed by atoms with Gasteiger partial charge in [0, 0.05) is 44.0 Å². The van der Waals surface area contributed by atoms with Crippen LogP contribution in [0.25, 0.3) is 87.6 Å². The van der Waals surface area contributed by atoms with Crippen LogP contribution >= 0.6 is 0 Å². The Balaban J connectivity index is 1.02. The maximum Gasteiger partial charge on any atom is 0.159 e. The zero-order valence-electron chi connectivity index (χ0n) is 52.2. The van der Waals surface area contributed by atoms with E-state index in [1.54, 1.807) is 0 Å². The van der Waals surface area contributed by atoms with Crippen molar-refractivity contribution < 1.29 is 9.52 Å². The SMILES string of the molecule is CCc1ccc(C)cc1-c1cccc(-c2cccc(N(c3ccc(C)cc3CC)c3cc(C4CCCC4)c4ccc5c(N(c6ccc(C)cc6C)c6cccc7c6oc6c(-c8ccccc8CC)cccc67)cc(C6CCCC6)c6ccc3c4c65)c2O)c1. The summed E-state index contributed by atoms with van der Waals surface area (Å²) in [6, 6.07) is 73.1. The molecule has 2 aliphatic rings. The molecule has 15 rings (SSSR count). The maximum atomic E-state index is 13.4. The summed E-state index contributed by atoms with van der Waals surface area (Å²) in [5.74, 6) is 1.08. The molecule has 0 aliphatic heterocycles. The first-order valence-corrected chi connectivity index (χ1v) is 32.7. The van der Waals surface area contributed by atoms with E-state index in [9.17, 15) is 5.11 Å². The van der Waals surface area contributed by atoms with Crippen molar-refractivity contribution in [1.29, 1.82) is 0 Å². The van der Waals surface area contributed by atoms with E-state index in [1.165, 1.54) is 125 Å². The van der Waals surface area contributed by atoms with Gasteiger partial charge in [-0.15, -0.1) is 0 Å². The number of para-hydroxylation sites is 3. The lowest BCUT2D eigenvalue weighted by Crippen LogP contribution is -2.15. The molecule has 436 valence electrons. The smallest absolute Gasteiger partial charge is 0.159 e. The number of rotatable bonds is 14. The van der Waals surface area contributed by atoms with Crippen LogP contribution in [0.1, 0.15) is 134 Å². The van der Waals surface area contributed by atoms with E-state index in [4.69, 9.17) is 4.42 Å². The van der Waals surface area contributed by atoms with Gasteiger partial charge in [0.05, 0.1) is 22.7 Å². The molecule has 2 saturated carbocycles. The number of aromatic hydroxyl groups is 1. The lowest BCUT2D eigenvalue weighted by molar-refractivity contribution is 0.478. The van der Waals surface area contributed by atoms with E-state index in [0.29, 0.717) is 11.8 Å². The maximum absolute atomic E-state index is 13.4. The summed E-state index contributed by atoms with van der Waals surface area (Å²) in [6.07, 6.45) is 12.2. The van der Waals surface area contributed by atoms with E-state index in [2.05, 4.69) is 252 Å². The summed E-state index contributed by atoms with van der Waals surface area (Å²) >= 11 is 0. The third kappa shape index (κ3) is 9.24. The number of phenolic OH excluding ortho intramolecular Hbond substituents is 1. The van der Waals surface area contributed by atoms with Gasteiger partial charge in [0.15, 0.2) is 5.58 Å². The summed E-state index contributed by atoms with van der Waals surface area (Å²) in [5, 5.41) is 23.3. The minimum Gasteiger partial charge on any atom is -0.505 e. The van der Waals surface area contributed by atoms with E-state index in [-0.39, 0.29) is 5.75 Å². The molecule has 88 heavy (non-hydrogen) atoms. The van der Waals surface area contributed by atoms with Gasteiger partial charge in [-0.05, 0) is 204 Å². The van der Waals surface area contributed by atoms with Crippen molar-refractivity contribution >= 4 is 88.4 Å². The van der Waals surface area contributed by atoms with Crippen LogP contribution in [0.4, 0.5) is 34.1 Å². The highest BCUT2D eigenvalue weighted by atomic mass is 16.3. The summed E-state index contributed by atoms with van der Waals surface area (Å²) in [6.45, 7) is 15.6. The van der Waals surface area contributed by atoms with Gasteiger partial charge in [0.25, 0.3) is 0 Å².